The predicted octanol–water partition coefficient (Wildman–Crippen LogP) is 3.80. The average Bonchev–Trinajstić information content (AvgIpc) is 2.71. The third kappa shape index (κ3) is 1.64. The maximum atomic E-state index is 4.53. The summed E-state index contributed by atoms with van der Waals surface area (Å²) in [6.45, 7) is 4.21. The van der Waals surface area contributed by atoms with E-state index in [0.717, 1.165) is 21.3 Å². The number of halogens is 1. The van der Waals surface area contributed by atoms with E-state index in [0.29, 0.717) is 0 Å². The molecule has 0 fully saturated rings. The second kappa shape index (κ2) is 4.21. The Morgan fingerprint density at radius 3 is 2.78 bits per heavy atom. The molecule has 0 saturated carbocycles. The fourth-order valence-corrected chi connectivity index (χ4v) is 2.52. The van der Waals surface area contributed by atoms with Crippen molar-refractivity contribution in [3.8, 4) is 5.69 Å². The minimum atomic E-state index is 0.825. The molecule has 1 aromatic carbocycles. The molecule has 0 bridgehead atoms. The van der Waals surface area contributed by atoms with E-state index in [2.05, 4.69) is 52.0 Å². The molecule has 2 heterocycles. The molecule has 4 heteroatoms. The number of aromatic nitrogens is 3. The molecule has 0 aliphatic rings. The largest absolute Gasteiger partial charge is 0.236 e. The van der Waals surface area contributed by atoms with Crippen LogP contribution in [0.2, 0.25) is 0 Å². The fourth-order valence-electron chi connectivity index (χ4n) is 2.05. The average molecular weight is 302 g/mol. The molecule has 2 aromatic heterocycles. The van der Waals surface area contributed by atoms with Crippen molar-refractivity contribution in [1.29, 1.82) is 0 Å². The lowest BCUT2D eigenvalue weighted by Crippen LogP contribution is -2.01. The van der Waals surface area contributed by atoms with Crippen LogP contribution in [0.1, 0.15) is 11.1 Å². The Morgan fingerprint density at radius 2 is 1.94 bits per heavy atom. The van der Waals surface area contributed by atoms with Crippen molar-refractivity contribution in [3.05, 3.63) is 52.3 Å². The van der Waals surface area contributed by atoms with Gasteiger partial charge in [0.05, 0.1) is 11.1 Å². The van der Waals surface area contributed by atoms with Gasteiger partial charge in [0.2, 0.25) is 0 Å². The van der Waals surface area contributed by atoms with Crippen LogP contribution in [0.25, 0.3) is 16.7 Å². The molecule has 0 unspecified atom stereocenters. The van der Waals surface area contributed by atoms with Gasteiger partial charge in [-0.2, -0.15) is 5.10 Å². The van der Waals surface area contributed by atoms with E-state index < -0.39 is 0 Å². The van der Waals surface area contributed by atoms with Crippen LogP contribution < -0.4 is 0 Å². The third-order valence-corrected chi connectivity index (χ3v) is 3.79. The number of pyridine rings is 1. The molecule has 18 heavy (non-hydrogen) atoms. The first kappa shape index (κ1) is 11.4. The lowest BCUT2D eigenvalue weighted by atomic mass is 10.1. The highest BCUT2D eigenvalue weighted by molar-refractivity contribution is 9.10. The Kier molecular flexibility index (Phi) is 2.67. The smallest absolute Gasteiger partial charge is 0.164 e. The third-order valence-electron chi connectivity index (χ3n) is 3.20. The summed E-state index contributed by atoms with van der Waals surface area (Å²) in [6, 6.07) is 10.1. The Morgan fingerprint density at radius 1 is 1.11 bits per heavy atom. The molecule has 0 atom stereocenters. The Labute approximate surface area is 114 Å². The van der Waals surface area contributed by atoms with E-state index in [-0.39, 0.29) is 0 Å². The minimum absolute atomic E-state index is 0.825. The van der Waals surface area contributed by atoms with Crippen LogP contribution in [0.4, 0.5) is 0 Å². The Bertz CT molecular complexity index is 731. The molecule has 0 aliphatic heterocycles. The van der Waals surface area contributed by atoms with E-state index >= 15 is 0 Å². The van der Waals surface area contributed by atoms with Gasteiger partial charge in [0.1, 0.15) is 4.60 Å². The fraction of sp³-hybridized carbons (Fsp3) is 0.143. The molecule has 0 N–H and O–H groups in total. The number of hydrogen-bond acceptors (Lipinski definition) is 2. The first-order valence-electron chi connectivity index (χ1n) is 5.74. The highest BCUT2D eigenvalue weighted by Crippen LogP contribution is 2.26. The second-order valence-electron chi connectivity index (χ2n) is 4.30. The van der Waals surface area contributed by atoms with Crippen molar-refractivity contribution < 1.29 is 0 Å². The number of rotatable bonds is 1. The highest BCUT2D eigenvalue weighted by atomic mass is 79.9. The van der Waals surface area contributed by atoms with Gasteiger partial charge in [0.25, 0.3) is 0 Å². The van der Waals surface area contributed by atoms with Gasteiger partial charge in [-0.3, -0.25) is 0 Å². The summed E-state index contributed by atoms with van der Waals surface area (Å²) in [5.41, 5.74) is 4.42. The van der Waals surface area contributed by atoms with E-state index in [1.807, 2.05) is 22.9 Å². The van der Waals surface area contributed by atoms with Crippen molar-refractivity contribution >= 4 is 27.0 Å². The first-order valence-corrected chi connectivity index (χ1v) is 6.53. The van der Waals surface area contributed by atoms with Gasteiger partial charge in [0.15, 0.2) is 5.65 Å². The molecule has 0 aliphatic carbocycles. The van der Waals surface area contributed by atoms with Crippen LogP contribution in [0.5, 0.6) is 0 Å². The molecule has 3 aromatic rings. The van der Waals surface area contributed by atoms with Gasteiger partial charge in [-0.25, -0.2) is 9.67 Å². The summed E-state index contributed by atoms with van der Waals surface area (Å²) in [5.74, 6) is 0. The number of aryl methyl sites for hydroxylation is 1. The van der Waals surface area contributed by atoms with Gasteiger partial charge in [-0.05, 0) is 59.1 Å². The first-order chi connectivity index (χ1) is 8.68. The molecular formula is C14H12BrN3. The molecule has 0 radical (unpaired) electrons. The van der Waals surface area contributed by atoms with Gasteiger partial charge >= 0.3 is 0 Å². The van der Waals surface area contributed by atoms with Crippen molar-refractivity contribution in [2.24, 2.45) is 0 Å². The van der Waals surface area contributed by atoms with Gasteiger partial charge in [0, 0.05) is 6.20 Å². The highest BCUT2D eigenvalue weighted by Gasteiger charge is 2.12. The predicted molar refractivity (Wildman–Crippen MR) is 76.0 cm³/mol. The zero-order valence-electron chi connectivity index (χ0n) is 10.2. The summed E-state index contributed by atoms with van der Waals surface area (Å²) in [7, 11) is 0. The van der Waals surface area contributed by atoms with Crippen LogP contribution in [0.3, 0.4) is 0 Å². The lowest BCUT2D eigenvalue weighted by Gasteiger charge is -2.08. The lowest BCUT2D eigenvalue weighted by molar-refractivity contribution is 0.876. The van der Waals surface area contributed by atoms with Crippen molar-refractivity contribution in [2.75, 3.05) is 0 Å². The molecule has 0 saturated heterocycles. The summed E-state index contributed by atoms with van der Waals surface area (Å²) >= 11 is 3.49. The van der Waals surface area contributed by atoms with Crippen LogP contribution in [-0.4, -0.2) is 14.8 Å². The van der Waals surface area contributed by atoms with Crippen molar-refractivity contribution in [3.63, 3.8) is 0 Å². The monoisotopic (exact) mass is 301 g/mol. The molecule has 3 rings (SSSR count). The van der Waals surface area contributed by atoms with E-state index in [1.54, 1.807) is 6.20 Å². The Balaban J connectivity index is 2.36. The van der Waals surface area contributed by atoms with E-state index in [4.69, 9.17) is 0 Å². The zero-order valence-corrected chi connectivity index (χ0v) is 11.8. The summed E-state index contributed by atoms with van der Waals surface area (Å²) in [6.07, 6.45) is 1.79. The van der Waals surface area contributed by atoms with Crippen LogP contribution in [0, 0.1) is 13.8 Å². The van der Waals surface area contributed by atoms with Gasteiger partial charge < -0.3 is 0 Å². The van der Waals surface area contributed by atoms with Crippen LogP contribution >= 0.6 is 15.9 Å². The zero-order chi connectivity index (χ0) is 12.7. The summed E-state index contributed by atoms with van der Waals surface area (Å²) < 4.78 is 2.72. The number of fused-ring (bicyclic) bond motifs is 1. The topological polar surface area (TPSA) is 30.7 Å². The quantitative estimate of drug-likeness (QED) is 0.684. The van der Waals surface area contributed by atoms with Crippen LogP contribution in [-0.2, 0) is 0 Å². The summed E-state index contributed by atoms with van der Waals surface area (Å²) in [4.78, 5) is 4.42. The second-order valence-corrected chi connectivity index (χ2v) is 5.05. The number of benzene rings is 1. The van der Waals surface area contributed by atoms with Gasteiger partial charge in [-0.1, -0.05) is 12.1 Å². The molecule has 3 nitrogen and oxygen atoms in total. The van der Waals surface area contributed by atoms with Crippen LogP contribution in [0.15, 0.2) is 41.1 Å². The molecule has 0 spiro atoms. The molecular weight excluding hydrogens is 290 g/mol. The Hall–Kier alpha value is -1.68. The SMILES string of the molecule is Cc1cccc(-n2nc(Br)c3cccnc32)c1C. The van der Waals surface area contributed by atoms with Crippen molar-refractivity contribution in [2.45, 2.75) is 13.8 Å². The van der Waals surface area contributed by atoms with E-state index in [9.17, 15) is 0 Å². The molecule has 90 valence electrons. The number of hydrogen-bond donors (Lipinski definition) is 0. The van der Waals surface area contributed by atoms with Gasteiger partial charge in [-0.15, -0.1) is 0 Å². The minimum Gasteiger partial charge on any atom is -0.236 e. The summed E-state index contributed by atoms with van der Waals surface area (Å²) in [5, 5.41) is 5.56. The maximum absolute atomic E-state index is 4.53. The van der Waals surface area contributed by atoms with E-state index in [1.165, 1.54) is 11.1 Å². The standard InChI is InChI=1S/C14H12BrN3/c1-9-5-3-7-12(10(9)2)18-14-11(13(15)17-18)6-4-8-16-14/h3-8H,1-2H3. The van der Waals surface area contributed by atoms with Crippen molar-refractivity contribution in [1.82, 2.24) is 14.8 Å². The normalized spacial score (nSPS) is 11.1. The molecule has 0 amide bonds. The number of nitrogens with zero attached hydrogens (tertiary/aromatic N) is 3. The maximum Gasteiger partial charge on any atom is 0.164 e.